The quantitative estimate of drug-likeness (QED) is 0.617. The van der Waals surface area contributed by atoms with E-state index in [4.69, 9.17) is 0 Å². The number of likely N-dealkylation sites (tertiary alicyclic amines) is 1. The Morgan fingerprint density at radius 3 is 2.38 bits per heavy atom. The fourth-order valence-corrected chi connectivity index (χ4v) is 5.72. The van der Waals surface area contributed by atoms with E-state index in [2.05, 4.69) is 10.6 Å². The monoisotopic (exact) mass is 510 g/mol. The molecule has 194 valence electrons. The summed E-state index contributed by atoms with van der Waals surface area (Å²) in [6.45, 7) is 3.30. The Kier molecular flexibility index (Phi) is 5.80. The summed E-state index contributed by atoms with van der Waals surface area (Å²) in [6, 6.07) is 7.40. The van der Waals surface area contributed by atoms with Crippen molar-refractivity contribution in [3.8, 4) is 0 Å². The number of benzene rings is 2. The number of carbonyl (C=O) groups is 4. The zero-order valence-electron chi connectivity index (χ0n) is 20.9. The van der Waals surface area contributed by atoms with Crippen molar-refractivity contribution in [2.24, 2.45) is 5.41 Å². The molecule has 1 aliphatic carbocycles. The van der Waals surface area contributed by atoms with Gasteiger partial charge in [0.25, 0.3) is 5.91 Å². The summed E-state index contributed by atoms with van der Waals surface area (Å²) in [5.41, 5.74) is 0.876. The van der Waals surface area contributed by atoms with E-state index >= 15 is 0 Å². The van der Waals surface area contributed by atoms with Crippen molar-refractivity contribution in [3.63, 3.8) is 0 Å². The first kappa shape index (κ1) is 24.9. The molecule has 0 unspecified atom stereocenters. The Balaban J connectivity index is 1.34. The summed E-state index contributed by atoms with van der Waals surface area (Å²) in [5.74, 6) is -2.54. The van der Waals surface area contributed by atoms with Gasteiger partial charge in [0.15, 0.2) is 0 Å². The molecule has 2 saturated heterocycles. The number of imide groups is 1. The number of piperidine rings is 1. The average molecular weight is 511 g/mol. The van der Waals surface area contributed by atoms with Gasteiger partial charge in [0, 0.05) is 37.1 Å². The number of likely N-dealkylation sites (N-methyl/N-ethyl adjacent to an activating group) is 1. The lowest BCUT2D eigenvalue weighted by Gasteiger charge is -2.43. The average Bonchev–Trinajstić information content (AvgIpc) is 3.29. The largest absolute Gasteiger partial charge is 0.326 e. The maximum atomic E-state index is 13.9. The Labute approximate surface area is 213 Å². The van der Waals surface area contributed by atoms with Crippen molar-refractivity contribution >= 4 is 29.4 Å². The topological polar surface area (TPSA) is 98.8 Å². The molecule has 0 radical (unpaired) electrons. The van der Waals surface area contributed by atoms with E-state index in [-0.39, 0.29) is 18.4 Å². The molecule has 2 aromatic carbocycles. The van der Waals surface area contributed by atoms with Gasteiger partial charge in [-0.1, -0.05) is 19.9 Å². The fraction of sp³-hybridized carbons (Fsp3) is 0.407. The molecule has 5 rings (SSSR count). The number of nitrogens with one attached hydrogen (secondary N) is 2. The summed E-state index contributed by atoms with van der Waals surface area (Å²) < 4.78 is 27.9. The Hall–Kier alpha value is -3.82. The highest BCUT2D eigenvalue weighted by Gasteiger charge is 2.54. The van der Waals surface area contributed by atoms with Gasteiger partial charge in [-0.3, -0.25) is 19.7 Å². The number of fused-ring (bicyclic) bond motifs is 1. The normalized spacial score (nSPS) is 24.5. The number of hydrogen-bond donors (Lipinski definition) is 2. The maximum Gasteiger partial charge on any atom is 0.324 e. The molecule has 2 N–H and O–H groups in total. The molecule has 10 heteroatoms. The van der Waals surface area contributed by atoms with Gasteiger partial charge >= 0.3 is 6.03 Å². The summed E-state index contributed by atoms with van der Waals surface area (Å²) in [5, 5.41) is 5.17. The molecule has 1 spiro atoms. The van der Waals surface area contributed by atoms with Gasteiger partial charge in [-0.2, -0.15) is 0 Å². The second-order valence-corrected chi connectivity index (χ2v) is 10.8. The second-order valence-electron chi connectivity index (χ2n) is 10.8. The van der Waals surface area contributed by atoms with Crippen molar-refractivity contribution in [3.05, 3.63) is 64.7 Å². The summed E-state index contributed by atoms with van der Waals surface area (Å²) >= 11 is 0. The van der Waals surface area contributed by atoms with Gasteiger partial charge in [-0.15, -0.1) is 0 Å². The third-order valence-electron chi connectivity index (χ3n) is 7.89. The molecule has 3 aliphatic rings. The first-order valence-corrected chi connectivity index (χ1v) is 12.2. The van der Waals surface area contributed by atoms with Crippen LogP contribution in [0.2, 0.25) is 0 Å². The van der Waals surface area contributed by atoms with Crippen LogP contribution >= 0.6 is 0 Å². The number of halogens is 2. The van der Waals surface area contributed by atoms with Crippen LogP contribution in [0.3, 0.4) is 0 Å². The number of carbonyl (C=O) groups excluding carboxylic acids is 4. The van der Waals surface area contributed by atoms with Crippen LogP contribution in [-0.4, -0.2) is 52.7 Å². The Morgan fingerprint density at radius 1 is 1.05 bits per heavy atom. The molecule has 2 aliphatic heterocycles. The number of anilines is 1. The third kappa shape index (κ3) is 4.24. The van der Waals surface area contributed by atoms with E-state index in [0.29, 0.717) is 36.9 Å². The van der Waals surface area contributed by atoms with Crippen LogP contribution in [0.25, 0.3) is 0 Å². The van der Waals surface area contributed by atoms with E-state index in [1.807, 2.05) is 6.07 Å². The van der Waals surface area contributed by atoms with Crippen LogP contribution < -0.4 is 10.6 Å². The lowest BCUT2D eigenvalue weighted by atomic mass is 9.78. The maximum absolute atomic E-state index is 13.9. The highest BCUT2D eigenvalue weighted by Crippen LogP contribution is 2.41. The van der Waals surface area contributed by atoms with Gasteiger partial charge in [0.2, 0.25) is 11.8 Å². The highest BCUT2D eigenvalue weighted by molar-refractivity contribution is 6.07. The molecule has 0 aromatic heterocycles. The summed E-state index contributed by atoms with van der Waals surface area (Å²) in [7, 11) is 1.59. The van der Waals surface area contributed by atoms with E-state index in [0.717, 1.165) is 17.2 Å². The first-order valence-electron chi connectivity index (χ1n) is 12.2. The van der Waals surface area contributed by atoms with Gasteiger partial charge in [-0.05, 0) is 53.8 Å². The van der Waals surface area contributed by atoms with Crippen LogP contribution in [-0.2, 0) is 27.2 Å². The van der Waals surface area contributed by atoms with Crippen LogP contribution in [0.5, 0.6) is 0 Å². The van der Waals surface area contributed by atoms with E-state index in [9.17, 15) is 28.0 Å². The molecule has 2 fully saturated rings. The SMILES string of the molecule is CN1C(=O)NC(=O)[C@@]12Cc1ccc(NC(=O)CN3C(=O)C(C)(C)CC[C@H]3c3cc(F)cc(F)c3)cc1C2. The molecule has 5 amide bonds. The zero-order chi connectivity index (χ0) is 26.7. The summed E-state index contributed by atoms with van der Waals surface area (Å²) in [6.07, 6.45) is 1.69. The predicted molar refractivity (Wildman–Crippen MR) is 130 cm³/mol. The minimum Gasteiger partial charge on any atom is -0.326 e. The van der Waals surface area contributed by atoms with Crippen LogP contribution in [0.1, 0.15) is 49.4 Å². The Bertz CT molecular complexity index is 1320. The molecule has 37 heavy (non-hydrogen) atoms. The van der Waals surface area contributed by atoms with Crippen molar-refractivity contribution in [1.82, 2.24) is 15.1 Å². The Morgan fingerprint density at radius 2 is 1.73 bits per heavy atom. The minimum atomic E-state index is -0.971. The highest BCUT2D eigenvalue weighted by atomic mass is 19.1. The van der Waals surface area contributed by atoms with Crippen molar-refractivity contribution in [1.29, 1.82) is 0 Å². The molecule has 0 bridgehead atoms. The van der Waals surface area contributed by atoms with Crippen molar-refractivity contribution in [2.75, 3.05) is 18.9 Å². The number of rotatable bonds is 4. The smallest absolute Gasteiger partial charge is 0.324 e. The lowest BCUT2D eigenvalue weighted by Crippen LogP contribution is -2.50. The molecular formula is C27H28F2N4O4. The zero-order valence-corrected chi connectivity index (χ0v) is 20.9. The summed E-state index contributed by atoms with van der Waals surface area (Å²) in [4.78, 5) is 53.7. The molecule has 8 nitrogen and oxygen atoms in total. The van der Waals surface area contributed by atoms with E-state index < -0.39 is 40.6 Å². The van der Waals surface area contributed by atoms with Crippen LogP contribution in [0.4, 0.5) is 19.3 Å². The minimum absolute atomic E-state index is 0.264. The van der Waals surface area contributed by atoms with E-state index in [1.165, 1.54) is 21.9 Å². The standard InChI is InChI=1S/C27H28F2N4O4/c1-26(2)7-6-21(16-8-18(28)11-19(29)9-16)33(24(26)36)14-22(34)30-20-5-4-15-12-27(13-17(15)10-20)23(35)31-25(37)32(27)3/h4-5,8-11,21H,6-7,12-14H2,1-3H3,(H,30,34)(H,31,35,37)/t21-,27-/m0/s1. The van der Waals surface area contributed by atoms with Crippen molar-refractivity contribution in [2.45, 2.75) is 51.1 Å². The fourth-order valence-electron chi connectivity index (χ4n) is 5.72. The van der Waals surface area contributed by atoms with Crippen LogP contribution in [0.15, 0.2) is 36.4 Å². The van der Waals surface area contributed by atoms with E-state index in [1.54, 1.807) is 33.0 Å². The number of urea groups is 1. The molecule has 2 heterocycles. The van der Waals surface area contributed by atoms with Crippen molar-refractivity contribution < 1.29 is 28.0 Å². The lowest BCUT2D eigenvalue weighted by molar-refractivity contribution is -0.150. The first-order chi connectivity index (χ1) is 17.4. The predicted octanol–water partition coefficient (Wildman–Crippen LogP) is 3.31. The van der Waals surface area contributed by atoms with Gasteiger partial charge in [0.05, 0.1) is 6.04 Å². The molecule has 2 atom stereocenters. The second kappa shape index (κ2) is 8.64. The molecule has 2 aromatic rings. The van der Waals surface area contributed by atoms with Gasteiger partial charge in [0.1, 0.15) is 23.7 Å². The third-order valence-corrected chi connectivity index (χ3v) is 7.89. The van der Waals surface area contributed by atoms with Gasteiger partial charge < -0.3 is 15.1 Å². The number of hydrogen-bond acceptors (Lipinski definition) is 4. The molecular weight excluding hydrogens is 482 g/mol. The number of amides is 5. The number of nitrogens with zero attached hydrogens (tertiary/aromatic N) is 2. The molecule has 0 saturated carbocycles. The van der Waals surface area contributed by atoms with Gasteiger partial charge in [-0.25, -0.2) is 13.6 Å². The van der Waals surface area contributed by atoms with Crippen LogP contribution in [0, 0.1) is 17.0 Å².